The second-order valence-electron chi connectivity index (χ2n) is 4.58. The summed E-state index contributed by atoms with van der Waals surface area (Å²) in [6, 6.07) is 13.9. The molecule has 1 heterocycles. The number of hydrogen-bond acceptors (Lipinski definition) is 4. The number of nitrogens with zero attached hydrogens (tertiary/aromatic N) is 1. The molecule has 3 aromatic rings. The van der Waals surface area contributed by atoms with Crippen molar-refractivity contribution >= 4 is 22.5 Å². The molecule has 0 aliphatic heterocycles. The smallest absolute Gasteiger partial charge is 0.248 e. The van der Waals surface area contributed by atoms with E-state index >= 15 is 0 Å². The van der Waals surface area contributed by atoms with E-state index in [9.17, 15) is 4.79 Å². The summed E-state index contributed by atoms with van der Waals surface area (Å²) in [6.07, 6.45) is 1.66. The van der Waals surface area contributed by atoms with Gasteiger partial charge >= 0.3 is 0 Å². The highest BCUT2D eigenvalue weighted by molar-refractivity contribution is 5.93. The second kappa shape index (κ2) is 5.13. The van der Waals surface area contributed by atoms with Gasteiger partial charge in [-0.3, -0.25) is 9.78 Å². The first-order chi connectivity index (χ1) is 10.1. The highest BCUT2D eigenvalue weighted by Crippen LogP contribution is 2.29. The second-order valence-corrected chi connectivity index (χ2v) is 4.58. The Morgan fingerprint density at radius 2 is 1.81 bits per heavy atom. The summed E-state index contributed by atoms with van der Waals surface area (Å²) in [5, 5.41) is 0.866. The lowest BCUT2D eigenvalue weighted by Crippen LogP contribution is -2.10. The van der Waals surface area contributed by atoms with Gasteiger partial charge in [-0.2, -0.15) is 0 Å². The molecular formula is C16H13N3O2. The lowest BCUT2D eigenvalue weighted by molar-refractivity contribution is 0.100. The van der Waals surface area contributed by atoms with E-state index in [1.807, 2.05) is 6.07 Å². The summed E-state index contributed by atoms with van der Waals surface area (Å²) in [7, 11) is 0. The van der Waals surface area contributed by atoms with Gasteiger partial charge in [0, 0.05) is 22.8 Å². The summed E-state index contributed by atoms with van der Waals surface area (Å²) in [5.41, 5.74) is 12.8. The van der Waals surface area contributed by atoms with Gasteiger partial charge in [0.15, 0.2) is 0 Å². The van der Waals surface area contributed by atoms with Gasteiger partial charge in [-0.15, -0.1) is 0 Å². The van der Waals surface area contributed by atoms with Gasteiger partial charge in [-0.25, -0.2) is 0 Å². The summed E-state index contributed by atoms with van der Waals surface area (Å²) < 4.78 is 5.83. The molecule has 104 valence electrons. The number of rotatable bonds is 3. The highest BCUT2D eigenvalue weighted by atomic mass is 16.5. The molecule has 0 radical (unpaired) electrons. The fourth-order valence-electron chi connectivity index (χ4n) is 2.04. The van der Waals surface area contributed by atoms with Gasteiger partial charge in [-0.05, 0) is 48.5 Å². The van der Waals surface area contributed by atoms with Gasteiger partial charge in [0.05, 0.1) is 5.52 Å². The molecule has 0 aliphatic carbocycles. The number of hydrogen-bond donors (Lipinski definition) is 2. The summed E-state index contributed by atoms with van der Waals surface area (Å²) in [4.78, 5) is 15.3. The Bertz CT molecular complexity index is 813. The minimum atomic E-state index is -0.466. The first-order valence-electron chi connectivity index (χ1n) is 6.35. The Balaban J connectivity index is 1.96. The van der Waals surface area contributed by atoms with Crippen LogP contribution in [0.5, 0.6) is 11.5 Å². The first-order valence-corrected chi connectivity index (χ1v) is 6.35. The molecule has 2 aromatic carbocycles. The molecule has 1 amide bonds. The molecule has 0 saturated heterocycles. The zero-order chi connectivity index (χ0) is 14.8. The number of nitrogens with two attached hydrogens (primary N) is 2. The molecule has 4 N–H and O–H groups in total. The number of anilines is 1. The minimum Gasteiger partial charge on any atom is -0.457 e. The number of aromatic nitrogens is 1. The predicted octanol–water partition coefficient (Wildman–Crippen LogP) is 2.71. The number of pyridine rings is 1. The van der Waals surface area contributed by atoms with Crippen molar-refractivity contribution in [3.05, 3.63) is 60.3 Å². The molecule has 0 unspecified atom stereocenters. The van der Waals surface area contributed by atoms with Crippen LogP contribution in [0.3, 0.4) is 0 Å². The van der Waals surface area contributed by atoms with Crippen LogP contribution < -0.4 is 16.2 Å². The van der Waals surface area contributed by atoms with Crippen LogP contribution in [0.15, 0.2) is 54.7 Å². The maximum Gasteiger partial charge on any atom is 0.248 e. The molecule has 3 rings (SSSR count). The monoisotopic (exact) mass is 279 g/mol. The lowest BCUT2D eigenvalue weighted by Gasteiger charge is -2.09. The zero-order valence-electron chi connectivity index (χ0n) is 11.1. The third-order valence-electron chi connectivity index (χ3n) is 3.09. The Morgan fingerprint density at radius 3 is 2.52 bits per heavy atom. The maximum absolute atomic E-state index is 11.0. The molecule has 5 heteroatoms. The molecular weight excluding hydrogens is 266 g/mol. The number of nitrogen functional groups attached to an aromatic ring is 1. The number of carbonyl (C=O) groups is 1. The van der Waals surface area contributed by atoms with E-state index in [-0.39, 0.29) is 0 Å². The molecule has 5 nitrogen and oxygen atoms in total. The van der Waals surface area contributed by atoms with E-state index in [1.165, 1.54) is 0 Å². The van der Waals surface area contributed by atoms with E-state index in [2.05, 4.69) is 4.98 Å². The van der Waals surface area contributed by atoms with Gasteiger partial charge in [0.2, 0.25) is 5.91 Å². The molecule has 0 fully saturated rings. The Hall–Kier alpha value is -3.08. The zero-order valence-corrected chi connectivity index (χ0v) is 11.1. The maximum atomic E-state index is 11.0. The van der Waals surface area contributed by atoms with Crippen molar-refractivity contribution in [3.63, 3.8) is 0 Å². The topological polar surface area (TPSA) is 91.2 Å². The van der Waals surface area contributed by atoms with Crippen LogP contribution in [0.25, 0.3) is 10.9 Å². The SMILES string of the molecule is NC(=O)c1ccc(Oc2ccnc3cc(N)ccc23)cc1. The number of carbonyl (C=O) groups excluding carboxylic acids is 1. The summed E-state index contributed by atoms with van der Waals surface area (Å²) in [5.74, 6) is 0.822. The number of amides is 1. The highest BCUT2D eigenvalue weighted by Gasteiger charge is 2.06. The van der Waals surface area contributed by atoms with E-state index in [4.69, 9.17) is 16.2 Å². The largest absolute Gasteiger partial charge is 0.457 e. The summed E-state index contributed by atoms with van der Waals surface area (Å²) >= 11 is 0. The van der Waals surface area contributed by atoms with E-state index in [0.717, 1.165) is 10.9 Å². The molecule has 0 bridgehead atoms. The van der Waals surface area contributed by atoms with Crippen molar-refractivity contribution in [1.82, 2.24) is 4.98 Å². The Labute approximate surface area is 121 Å². The van der Waals surface area contributed by atoms with Crippen molar-refractivity contribution in [3.8, 4) is 11.5 Å². The lowest BCUT2D eigenvalue weighted by atomic mass is 10.2. The fourth-order valence-corrected chi connectivity index (χ4v) is 2.04. The van der Waals surface area contributed by atoms with Gasteiger partial charge in [0.25, 0.3) is 0 Å². The molecule has 0 saturated carbocycles. The molecule has 0 atom stereocenters. The average molecular weight is 279 g/mol. The van der Waals surface area contributed by atoms with Gasteiger partial charge in [0.1, 0.15) is 11.5 Å². The Kier molecular flexibility index (Phi) is 3.16. The van der Waals surface area contributed by atoms with Crippen molar-refractivity contribution < 1.29 is 9.53 Å². The standard InChI is InChI=1S/C16H13N3O2/c17-11-3-6-13-14(9-11)19-8-7-15(13)21-12-4-1-10(2-5-12)16(18)20/h1-9H,17H2,(H2,18,20). The third kappa shape index (κ3) is 2.62. The fraction of sp³-hybridized carbons (Fsp3) is 0. The number of ether oxygens (including phenoxy) is 1. The van der Waals surface area contributed by atoms with Crippen molar-refractivity contribution in [2.45, 2.75) is 0 Å². The van der Waals surface area contributed by atoms with Crippen LogP contribution in [0.2, 0.25) is 0 Å². The van der Waals surface area contributed by atoms with E-state index in [1.54, 1.807) is 48.7 Å². The Morgan fingerprint density at radius 1 is 1.05 bits per heavy atom. The van der Waals surface area contributed by atoms with Crippen LogP contribution in [0.1, 0.15) is 10.4 Å². The van der Waals surface area contributed by atoms with Gasteiger partial charge < -0.3 is 16.2 Å². The van der Waals surface area contributed by atoms with Crippen LogP contribution >= 0.6 is 0 Å². The molecule has 21 heavy (non-hydrogen) atoms. The van der Waals surface area contributed by atoms with Crippen LogP contribution in [-0.4, -0.2) is 10.9 Å². The van der Waals surface area contributed by atoms with Crippen molar-refractivity contribution in [1.29, 1.82) is 0 Å². The van der Waals surface area contributed by atoms with Gasteiger partial charge in [-0.1, -0.05) is 0 Å². The third-order valence-corrected chi connectivity index (χ3v) is 3.09. The molecule has 0 spiro atoms. The number of benzene rings is 2. The van der Waals surface area contributed by atoms with Crippen LogP contribution in [0, 0.1) is 0 Å². The molecule has 0 aliphatic rings. The quantitative estimate of drug-likeness (QED) is 0.721. The van der Waals surface area contributed by atoms with Crippen molar-refractivity contribution in [2.75, 3.05) is 5.73 Å². The number of primary amides is 1. The average Bonchev–Trinajstić information content (AvgIpc) is 2.47. The minimum absolute atomic E-state index is 0.440. The van der Waals surface area contributed by atoms with Crippen LogP contribution in [-0.2, 0) is 0 Å². The number of fused-ring (bicyclic) bond motifs is 1. The predicted molar refractivity (Wildman–Crippen MR) is 81.2 cm³/mol. The molecule has 1 aromatic heterocycles. The van der Waals surface area contributed by atoms with Crippen molar-refractivity contribution in [2.24, 2.45) is 5.73 Å². The first kappa shape index (κ1) is 12.9. The van der Waals surface area contributed by atoms with E-state index < -0.39 is 5.91 Å². The van der Waals surface area contributed by atoms with E-state index in [0.29, 0.717) is 22.7 Å². The summed E-state index contributed by atoms with van der Waals surface area (Å²) in [6.45, 7) is 0. The normalized spacial score (nSPS) is 10.5. The van der Waals surface area contributed by atoms with Crippen LogP contribution in [0.4, 0.5) is 5.69 Å².